The van der Waals surface area contributed by atoms with Crippen LogP contribution >= 0.6 is 0 Å². The lowest BCUT2D eigenvalue weighted by Gasteiger charge is -2.23. The van der Waals surface area contributed by atoms with E-state index in [1.807, 2.05) is 0 Å². The van der Waals surface area contributed by atoms with Crippen LogP contribution in [0.5, 0.6) is 5.75 Å². The molecule has 15 nitrogen and oxygen atoms in total. The molecule has 0 saturated carbocycles. The summed E-state index contributed by atoms with van der Waals surface area (Å²) in [5.41, 5.74) is 22.0. The molecule has 1 aromatic rings. The van der Waals surface area contributed by atoms with Gasteiger partial charge in [-0.25, -0.2) is 4.79 Å². The molecule has 0 aliphatic carbocycles. The summed E-state index contributed by atoms with van der Waals surface area (Å²) in [7, 11) is 0. The average molecular weight is 523 g/mol. The number of benzene rings is 1. The third-order valence-corrected chi connectivity index (χ3v) is 5.09. The van der Waals surface area contributed by atoms with Gasteiger partial charge in [-0.1, -0.05) is 12.1 Å². The highest BCUT2D eigenvalue weighted by Gasteiger charge is 2.29. The Balaban J connectivity index is 2.91. The number of phenolic OH excluding ortho intramolecular Hbond substituents is 1. The summed E-state index contributed by atoms with van der Waals surface area (Å²) >= 11 is 0. The van der Waals surface area contributed by atoms with E-state index in [-0.39, 0.29) is 31.1 Å². The van der Waals surface area contributed by atoms with Crippen molar-refractivity contribution in [2.75, 3.05) is 6.54 Å². The van der Waals surface area contributed by atoms with E-state index in [0.717, 1.165) is 0 Å². The van der Waals surface area contributed by atoms with E-state index >= 15 is 0 Å². The van der Waals surface area contributed by atoms with Gasteiger partial charge in [-0.2, -0.15) is 0 Å². The van der Waals surface area contributed by atoms with Crippen LogP contribution in [0.25, 0.3) is 0 Å². The monoisotopic (exact) mass is 522 g/mol. The maximum Gasteiger partial charge on any atom is 0.326 e. The first kappa shape index (κ1) is 30.6. The topological polar surface area (TPSA) is 278 Å². The smallest absolute Gasteiger partial charge is 0.326 e. The number of hydrogen-bond acceptors (Lipinski definition) is 8. The molecule has 0 heterocycles. The van der Waals surface area contributed by atoms with Gasteiger partial charge in [0.15, 0.2) is 5.96 Å². The quantitative estimate of drug-likeness (QED) is 0.0630. The predicted molar refractivity (Wildman–Crippen MR) is 133 cm³/mol. The number of nitrogens with two attached hydrogens (primary N) is 4. The number of carbonyl (C=O) groups is 5. The van der Waals surface area contributed by atoms with E-state index in [1.54, 1.807) is 12.1 Å². The van der Waals surface area contributed by atoms with Crippen molar-refractivity contribution in [3.63, 3.8) is 0 Å². The van der Waals surface area contributed by atoms with Crippen molar-refractivity contribution in [1.29, 1.82) is 0 Å². The lowest BCUT2D eigenvalue weighted by atomic mass is 10.0. The minimum atomic E-state index is -1.58. The lowest BCUT2D eigenvalue weighted by molar-refractivity contribution is -0.143. The van der Waals surface area contributed by atoms with Gasteiger partial charge in [-0.3, -0.25) is 24.2 Å². The zero-order valence-corrected chi connectivity index (χ0v) is 20.3. The first-order chi connectivity index (χ1) is 17.3. The Bertz CT molecular complexity index is 995. The summed E-state index contributed by atoms with van der Waals surface area (Å²) in [5.74, 6) is -4.76. The van der Waals surface area contributed by atoms with Gasteiger partial charge in [0.05, 0.1) is 12.5 Å². The molecule has 1 aromatic carbocycles. The summed E-state index contributed by atoms with van der Waals surface area (Å²) in [6, 6.07) is 0.962. The van der Waals surface area contributed by atoms with E-state index in [4.69, 9.17) is 28.0 Å². The molecule has 1 rings (SSSR count). The number of phenols is 1. The molecular formula is C22H34N8O7. The van der Waals surface area contributed by atoms with Crippen LogP contribution in [0, 0.1) is 0 Å². The fourth-order valence-electron chi connectivity index (χ4n) is 3.08. The van der Waals surface area contributed by atoms with Crippen LogP contribution in [0.3, 0.4) is 0 Å². The highest BCUT2D eigenvalue weighted by Crippen LogP contribution is 2.12. The Hall–Kier alpha value is -4.40. The minimum absolute atomic E-state index is 0.00539. The number of aromatic hydroxyl groups is 1. The number of amides is 4. The number of nitrogens with one attached hydrogen (secondary N) is 3. The summed E-state index contributed by atoms with van der Waals surface area (Å²) < 4.78 is 0. The van der Waals surface area contributed by atoms with Gasteiger partial charge in [0.2, 0.25) is 23.6 Å². The van der Waals surface area contributed by atoms with E-state index in [1.165, 1.54) is 19.1 Å². The molecule has 4 amide bonds. The number of nitrogens with zero attached hydrogens (tertiary/aromatic N) is 1. The molecule has 0 aliphatic heterocycles. The number of guanidine groups is 1. The average Bonchev–Trinajstić information content (AvgIpc) is 2.81. The van der Waals surface area contributed by atoms with Gasteiger partial charge in [0, 0.05) is 13.0 Å². The van der Waals surface area contributed by atoms with Crippen molar-refractivity contribution >= 4 is 35.6 Å². The Kier molecular flexibility index (Phi) is 12.3. The molecule has 0 spiro atoms. The summed E-state index contributed by atoms with van der Waals surface area (Å²) in [6.45, 7) is 1.56. The first-order valence-corrected chi connectivity index (χ1v) is 11.3. The van der Waals surface area contributed by atoms with Gasteiger partial charge < -0.3 is 49.1 Å². The van der Waals surface area contributed by atoms with Crippen LogP contribution in [0.4, 0.5) is 0 Å². The fourth-order valence-corrected chi connectivity index (χ4v) is 3.08. The highest BCUT2D eigenvalue weighted by molar-refractivity contribution is 5.94. The van der Waals surface area contributed by atoms with Crippen molar-refractivity contribution in [1.82, 2.24) is 16.0 Å². The number of hydrogen-bond donors (Lipinski definition) is 9. The third-order valence-electron chi connectivity index (χ3n) is 5.09. The summed E-state index contributed by atoms with van der Waals surface area (Å²) in [6.07, 6.45) is -0.00530. The Morgan fingerprint density at radius 2 is 1.51 bits per heavy atom. The maximum absolute atomic E-state index is 13.0. The van der Waals surface area contributed by atoms with Gasteiger partial charge in [-0.15, -0.1) is 0 Å². The number of carbonyl (C=O) groups excluding carboxylic acids is 4. The van der Waals surface area contributed by atoms with Crippen LogP contribution in [0.1, 0.15) is 31.7 Å². The van der Waals surface area contributed by atoms with Crippen molar-refractivity contribution in [2.24, 2.45) is 27.9 Å². The molecule has 4 unspecified atom stereocenters. The molecule has 0 saturated heterocycles. The van der Waals surface area contributed by atoms with Crippen LogP contribution < -0.4 is 38.9 Å². The summed E-state index contributed by atoms with van der Waals surface area (Å²) in [5, 5.41) is 25.7. The number of carboxylic acids is 1. The molecule has 37 heavy (non-hydrogen) atoms. The lowest BCUT2D eigenvalue weighted by Crippen LogP contribution is -2.57. The molecule has 0 aromatic heterocycles. The van der Waals surface area contributed by atoms with Crippen molar-refractivity contribution in [3.05, 3.63) is 29.8 Å². The van der Waals surface area contributed by atoms with Gasteiger partial charge in [0.1, 0.15) is 23.9 Å². The molecule has 0 aliphatic rings. The zero-order valence-electron chi connectivity index (χ0n) is 20.3. The van der Waals surface area contributed by atoms with E-state index in [9.17, 15) is 29.1 Å². The molecule has 0 radical (unpaired) electrons. The second-order valence-corrected chi connectivity index (χ2v) is 8.29. The Morgan fingerprint density at radius 3 is 2.05 bits per heavy atom. The highest BCUT2D eigenvalue weighted by atomic mass is 16.4. The molecule has 13 N–H and O–H groups in total. The number of aliphatic carboxylic acids is 1. The standard InChI is InChI=1S/C22H34N8O7/c1-11(18(33)30-16(21(36)37)10-17(24)32)28-20(35)15(9-12-4-6-13(31)7-5-12)29-19(34)14(23)3-2-8-27-22(25)26/h4-7,11,14-16,31H,2-3,8-10,23H2,1H3,(H2,24,32)(H,28,35)(H,29,34)(H,30,33)(H,36,37)(H4,25,26,27). The molecular weight excluding hydrogens is 488 g/mol. The van der Waals surface area contributed by atoms with Crippen molar-refractivity contribution in [3.8, 4) is 5.75 Å². The second-order valence-electron chi connectivity index (χ2n) is 8.29. The number of primary amides is 1. The van der Waals surface area contributed by atoms with Crippen LogP contribution in [0.2, 0.25) is 0 Å². The van der Waals surface area contributed by atoms with Gasteiger partial charge in [0.25, 0.3) is 0 Å². The Morgan fingerprint density at radius 1 is 0.919 bits per heavy atom. The van der Waals surface area contributed by atoms with Crippen molar-refractivity contribution < 1.29 is 34.2 Å². The predicted octanol–water partition coefficient (Wildman–Crippen LogP) is -3.25. The third kappa shape index (κ3) is 11.7. The molecule has 4 atom stereocenters. The van der Waals surface area contributed by atoms with Gasteiger partial charge in [-0.05, 0) is 37.5 Å². The Labute approximate surface area is 213 Å². The minimum Gasteiger partial charge on any atom is -0.508 e. The largest absolute Gasteiger partial charge is 0.508 e. The van der Waals surface area contributed by atoms with E-state index in [0.29, 0.717) is 12.0 Å². The second kappa shape index (κ2) is 14.9. The number of aliphatic imine (C=N–C) groups is 1. The molecule has 0 bridgehead atoms. The molecule has 204 valence electrons. The SMILES string of the molecule is CC(NC(=O)C(Cc1ccc(O)cc1)NC(=O)C(N)CCCN=C(N)N)C(=O)NC(CC(N)=O)C(=O)O. The fraction of sp³-hybridized carbons (Fsp3) is 0.455. The van der Waals surface area contributed by atoms with Crippen LogP contribution in [-0.4, -0.2) is 76.5 Å². The normalized spacial score (nSPS) is 13.8. The van der Waals surface area contributed by atoms with Gasteiger partial charge >= 0.3 is 5.97 Å². The zero-order chi connectivity index (χ0) is 28.1. The van der Waals surface area contributed by atoms with Crippen LogP contribution in [0.15, 0.2) is 29.3 Å². The number of rotatable bonds is 15. The molecule has 15 heteroatoms. The van der Waals surface area contributed by atoms with E-state index in [2.05, 4.69) is 20.9 Å². The first-order valence-electron chi connectivity index (χ1n) is 11.3. The maximum atomic E-state index is 13.0. The van der Waals surface area contributed by atoms with Crippen molar-refractivity contribution in [2.45, 2.75) is 56.8 Å². The number of carboxylic acid groups (broad SMARTS) is 1. The van der Waals surface area contributed by atoms with E-state index < -0.39 is 60.2 Å². The molecule has 0 fully saturated rings. The van der Waals surface area contributed by atoms with Crippen LogP contribution in [-0.2, 0) is 30.4 Å². The summed E-state index contributed by atoms with van der Waals surface area (Å²) in [4.78, 5) is 64.2.